The molecular weight excluding hydrogens is 380 g/mol. The van der Waals surface area contributed by atoms with Gasteiger partial charge in [-0.25, -0.2) is 0 Å². The summed E-state index contributed by atoms with van der Waals surface area (Å²) in [5, 5.41) is 3.99. The third kappa shape index (κ3) is 4.52. The van der Waals surface area contributed by atoms with Gasteiger partial charge in [0, 0.05) is 18.4 Å². The summed E-state index contributed by atoms with van der Waals surface area (Å²) >= 11 is 6.52. The van der Waals surface area contributed by atoms with Crippen LogP contribution < -0.4 is 10.2 Å². The molecule has 0 unspecified atom stereocenters. The van der Waals surface area contributed by atoms with Gasteiger partial charge in [-0.2, -0.15) is 0 Å². The van der Waals surface area contributed by atoms with Crippen molar-refractivity contribution in [3.63, 3.8) is 0 Å². The lowest BCUT2D eigenvalue weighted by Crippen LogP contribution is -3.11. The van der Waals surface area contributed by atoms with Crippen LogP contribution in [-0.2, 0) is 4.79 Å². The van der Waals surface area contributed by atoms with Crippen LogP contribution in [0.3, 0.4) is 0 Å². The number of quaternary nitrogens is 1. The van der Waals surface area contributed by atoms with Gasteiger partial charge in [-0.1, -0.05) is 90.5 Å². The van der Waals surface area contributed by atoms with Crippen molar-refractivity contribution >= 4 is 17.5 Å². The highest BCUT2D eigenvalue weighted by molar-refractivity contribution is 6.31. The molecule has 3 nitrogen and oxygen atoms in total. The standard InChI is InChI=1S/C25H25ClN2O/c26-22-16-8-7-15-21(22)24(28-17-9-10-18-28)25(29)27-23(19-11-3-1-4-12-19)20-13-5-2-6-14-20/h1-8,11-16,23-24H,9-10,17-18H2,(H,27,29)/p+1/t24-/m0/s1. The SMILES string of the molecule is O=C(NC(c1ccccc1)c1ccccc1)[C@H](c1ccccc1Cl)[NH+]1CCCC1. The van der Waals surface area contributed by atoms with Crippen molar-refractivity contribution in [2.45, 2.75) is 24.9 Å². The number of hydrogen-bond donors (Lipinski definition) is 2. The lowest BCUT2D eigenvalue weighted by atomic mass is 9.97. The molecule has 1 amide bonds. The minimum atomic E-state index is -0.305. The maximum Gasteiger partial charge on any atom is 0.283 e. The highest BCUT2D eigenvalue weighted by Crippen LogP contribution is 2.25. The van der Waals surface area contributed by atoms with Crippen molar-refractivity contribution in [2.75, 3.05) is 13.1 Å². The van der Waals surface area contributed by atoms with Gasteiger partial charge >= 0.3 is 0 Å². The molecule has 148 valence electrons. The Kier molecular flexibility index (Phi) is 6.28. The third-order valence-corrected chi connectivity index (χ3v) is 6.03. The second-order valence-corrected chi connectivity index (χ2v) is 7.99. The number of nitrogens with one attached hydrogen (secondary N) is 2. The molecule has 0 saturated carbocycles. The van der Waals surface area contributed by atoms with E-state index < -0.39 is 0 Å². The minimum absolute atomic E-state index is 0.0210. The fourth-order valence-electron chi connectivity index (χ4n) is 4.25. The van der Waals surface area contributed by atoms with E-state index in [1.807, 2.05) is 60.7 Å². The maximum absolute atomic E-state index is 13.6. The predicted octanol–water partition coefficient (Wildman–Crippen LogP) is 3.97. The summed E-state index contributed by atoms with van der Waals surface area (Å²) in [6.45, 7) is 1.98. The fraction of sp³-hybridized carbons (Fsp3) is 0.240. The molecule has 1 heterocycles. The molecule has 0 bridgehead atoms. The molecule has 1 atom stereocenters. The first kappa shape index (κ1) is 19.7. The van der Waals surface area contributed by atoms with Crippen LogP contribution in [0.15, 0.2) is 84.9 Å². The third-order valence-electron chi connectivity index (χ3n) is 5.68. The first-order valence-corrected chi connectivity index (χ1v) is 10.6. The molecular formula is C25H26ClN2O+. The van der Waals surface area contributed by atoms with E-state index in [9.17, 15) is 4.79 Å². The summed E-state index contributed by atoms with van der Waals surface area (Å²) in [6.07, 6.45) is 2.29. The molecule has 1 saturated heterocycles. The van der Waals surface area contributed by atoms with E-state index >= 15 is 0 Å². The van der Waals surface area contributed by atoms with E-state index in [4.69, 9.17) is 11.6 Å². The molecule has 1 aliphatic rings. The highest BCUT2D eigenvalue weighted by atomic mass is 35.5. The Bertz CT molecular complexity index is 900. The van der Waals surface area contributed by atoms with Crippen molar-refractivity contribution in [1.82, 2.24) is 5.32 Å². The summed E-state index contributed by atoms with van der Waals surface area (Å²) in [6, 6.07) is 27.5. The molecule has 0 aromatic heterocycles. The monoisotopic (exact) mass is 405 g/mol. The highest BCUT2D eigenvalue weighted by Gasteiger charge is 2.36. The van der Waals surface area contributed by atoms with Gasteiger partial charge in [-0.05, 0) is 17.2 Å². The first-order valence-electron chi connectivity index (χ1n) is 10.2. The Morgan fingerprint density at radius 3 is 1.86 bits per heavy atom. The van der Waals surface area contributed by atoms with Crippen molar-refractivity contribution in [3.05, 3.63) is 107 Å². The Morgan fingerprint density at radius 1 is 0.793 bits per heavy atom. The molecule has 4 heteroatoms. The van der Waals surface area contributed by atoms with E-state index in [1.165, 1.54) is 4.90 Å². The molecule has 2 N–H and O–H groups in total. The van der Waals surface area contributed by atoms with Crippen molar-refractivity contribution in [2.24, 2.45) is 0 Å². The van der Waals surface area contributed by atoms with E-state index in [1.54, 1.807) is 0 Å². The van der Waals surface area contributed by atoms with E-state index in [0.29, 0.717) is 5.02 Å². The molecule has 3 aromatic rings. The predicted molar refractivity (Wildman–Crippen MR) is 117 cm³/mol. The maximum atomic E-state index is 13.6. The molecule has 0 aliphatic carbocycles. The number of carbonyl (C=O) groups excluding carboxylic acids is 1. The number of rotatable bonds is 6. The van der Waals surface area contributed by atoms with Gasteiger partial charge in [0.1, 0.15) is 0 Å². The van der Waals surface area contributed by atoms with Gasteiger partial charge < -0.3 is 10.2 Å². The smallest absolute Gasteiger partial charge is 0.283 e. The molecule has 0 spiro atoms. The van der Waals surface area contributed by atoms with E-state index in [-0.39, 0.29) is 18.0 Å². The second kappa shape index (κ2) is 9.25. The van der Waals surface area contributed by atoms with Gasteiger partial charge in [-0.15, -0.1) is 0 Å². The van der Waals surface area contributed by atoms with Crippen LogP contribution in [0.5, 0.6) is 0 Å². The van der Waals surface area contributed by atoms with Crippen molar-refractivity contribution in [1.29, 1.82) is 0 Å². The fourth-order valence-corrected chi connectivity index (χ4v) is 4.49. The van der Waals surface area contributed by atoms with Gasteiger partial charge in [-0.3, -0.25) is 4.79 Å². The average molecular weight is 406 g/mol. The normalized spacial score (nSPS) is 15.4. The average Bonchev–Trinajstić information content (AvgIpc) is 3.29. The van der Waals surface area contributed by atoms with Gasteiger partial charge in [0.25, 0.3) is 5.91 Å². The van der Waals surface area contributed by atoms with Crippen molar-refractivity contribution in [3.8, 4) is 0 Å². The second-order valence-electron chi connectivity index (χ2n) is 7.58. The van der Waals surface area contributed by atoms with Crippen LogP contribution in [0.1, 0.15) is 41.6 Å². The quantitative estimate of drug-likeness (QED) is 0.639. The Morgan fingerprint density at radius 2 is 1.31 bits per heavy atom. The van der Waals surface area contributed by atoms with Crippen LogP contribution in [0.4, 0.5) is 0 Å². The summed E-state index contributed by atoms with van der Waals surface area (Å²) in [4.78, 5) is 14.9. The number of benzene rings is 3. The molecule has 0 radical (unpaired) electrons. The van der Waals surface area contributed by atoms with Crippen LogP contribution in [0.2, 0.25) is 5.02 Å². The summed E-state index contributed by atoms with van der Waals surface area (Å²) in [5.41, 5.74) is 3.05. The Hall–Kier alpha value is -2.62. The number of amides is 1. The zero-order valence-corrected chi connectivity index (χ0v) is 17.1. The summed E-state index contributed by atoms with van der Waals surface area (Å²) in [5.74, 6) is 0.0210. The molecule has 29 heavy (non-hydrogen) atoms. The Labute approximate surface area is 177 Å². The number of hydrogen-bond acceptors (Lipinski definition) is 1. The summed E-state index contributed by atoms with van der Waals surface area (Å²) < 4.78 is 0. The zero-order valence-electron chi connectivity index (χ0n) is 16.4. The van der Waals surface area contributed by atoms with Crippen LogP contribution in [-0.4, -0.2) is 19.0 Å². The van der Waals surface area contributed by atoms with E-state index in [2.05, 4.69) is 29.6 Å². The number of likely N-dealkylation sites (tertiary alicyclic amines) is 1. The topological polar surface area (TPSA) is 33.5 Å². The van der Waals surface area contributed by atoms with Crippen molar-refractivity contribution < 1.29 is 9.69 Å². The van der Waals surface area contributed by atoms with Gasteiger partial charge in [0.2, 0.25) is 0 Å². The molecule has 1 fully saturated rings. The number of halogens is 1. The van der Waals surface area contributed by atoms with Gasteiger partial charge in [0.05, 0.1) is 24.2 Å². The lowest BCUT2D eigenvalue weighted by molar-refractivity contribution is -0.909. The van der Waals surface area contributed by atoms with Crippen LogP contribution >= 0.6 is 11.6 Å². The Balaban J connectivity index is 1.68. The zero-order chi connectivity index (χ0) is 20.1. The van der Waals surface area contributed by atoms with E-state index in [0.717, 1.165) is 42.6 Å². The molecule has 1 aliphatic heterocycles. The molecule has 4 rings (SSSR count). The lowest BCUT2D eigenvalue weighted by Gasteiger charge is -2.28. The first-order chi connectivity index (χ1) is 14.2. The molecule has 3 aromatic carbocycles. The largest absolute Gasteiger partial charge is 0.340 e. The van der Waals surface area contributed by atoms with Crippen LogP contribution in [0.25, 0.3) is 0 Å². The minimum Gasteiger partial charge on any atom is -0.340 e. The number of carbonyl (C=O) groups is 1. The van der Waals surface area contributed by atoms with Gasteiger partial charge in [0.15, 0.2) is 6.04 Å². The summed E-state index contributed by atoms with van der Waals surface area (Å²) in [7, 11) is 0. The van der Waals surface area contributed by atoms with Crippen LogP contribution in [0, 0.1) is 0 Å².